The number of hydrazine groups is 1. The lowest BCUT2D eigenvalue weighted by Gasteiger charge is -2.26. The Kier molecular flexibility index (Phi) is 9.69. The first-order valence-electron chi connectivity index (χ1n) is 10.5. The normalized spacial score (nSPS) is 13.7. The first-order valence-corrected chi connectivity index (χ1v) is 11.3. The highest BCUT2D eigenvalue weighted by atomic mass is 35.5. The van der Waals surface area contributed by atoms with E-state index in [1.807, 2.05) is 24.3 Å². The van der Waals surface area contributed by atoms with E-state index in [1.165, 1.54) is 0 Å². The average molecular weight is 509 g/mol. The number of amides is 1. The number of ether oxygens (including phenoxy) is 1. The summed E-state index contributed by atoms with van der Waals surface area (Å²) in [5, 5.41) is 10.0. The number of hydrogen-bond acceptors (Lipinski definition) is 7. The molecule has 2 unspecified atom stereocenters. The van der Waals surface area contributed by atoms with Gasteiger partial charge in [-0.1, -0.05) is 47.5 Å². The fourth-order valence-corrected chi connectivity index (χ4v) is 3.47. The zero-order valence-electron chi connectivity index (χ0n) is 19.5. The number of nitrogens with zero attached hydrogens (tertiary/aromatic N) is 1. The molecule has 2 atom stereocenters. The Morgan fingerprint density at radius 1 is 1.12 bits per heavy atom. The van der Waals surface area contributed by atoms with Crippen molar-refractivity contribution >= 4 is 41.0 Å². The van der Waals surface area contributed by atoms with Gasteiger partial charge in [0.1, 0.15) is 11.6 Å². The molecule has 2 rings (SSSR count). The van der Waals surface area contributed by atoms with E-state index in [0.717, 1.165) is 16.7 Å². The second-order valence-electron chi connectivity index (χ2n) is 8.61. The molecule has 0 aliphatic rings. The van der Waals surface area contributed by atoms with Crippen molar-refractivity contribution in [2.24, 2.45) is 16.8 Å². The number of halogens is 2. The lowest BCUT2D eigenvalue weighted by Crippen LogP contribution is -2.55. The average Bonchev–Trinajstić information content (AvgIpc) is 2.77. The van der Waals surface area contributed by atoms with E-state index in [9.17, 15) is 9.59 Å². The Balaban J connectivity index is 2.24. The second-order valence-corrected chi connectivity index (χ2v) is 9.45. The fraction of sp³-hybridized carbons (Fsp3) is 0.348. The fourth-order valence-electron chi connectivity index (χ4n) is 3.07. The summed E-state index contributed by atoms with van der Waals surface area (Å²) in [6, 6.07) is 11.1. The highest BCUT2D eigenvalue weighted by molar-refractivity contribution is 6.35. The molecule has 0 fully saturated rings. The molecule has 0 radical (unpaired) electrons. The molecule has 0 aliphatic heterocycles. The second kappa shape index (κ2) is 12.0. The third-order valence-electron chi connectivity index (χ3n) is 4.67. The van der Waals surface area contributed by atoms with E-state index in [-0.39, 0.29) is 12.4 Å². The SMILES string of the molecule is CC(NC(Cc1ccc(-c2cc(Cl)ccc2Cl)cc1)C(=O)NC(=NN)NN)C(=O)OC(C)(C)C. The number of nitrogens with one attached hydrogen (secondary N) is 3. The molecule has 184 valence electrons. The molecule has 11 heteroatoms. The number of guanidine groups is 1. The Hall–Kier alpha value is -2.85. The summed E-state index contributed by atoms with van der Waals surface area (Å²) in [5.74, 6) is 9.43. The van der Waals surface area contributed by atoms with Crippen molar-refractivity contribution in [3.05, 3.63) is 58.1 Å². The van der Waals surface area contributed by atoms with Crippen LogP contribution in [0.1, 0.15) is 33.3 Å². The van der Waals surface area contributed by atoms with Crippen LogP contribution in [0.15, 0.2) is 47.6 Å². The Bertz CT molecular complexity index is 1040. The molecule has 9 nitrogen and oxygen atoms in total. The number of esters is 1. The molecule has 0 aliphatic carbocycles. The number of hydrogen-bond donors (Lipinski definition) is 5. The largest absolute Gasteiger partial charge is 0.459 e. The number of benzene rings is 2. The summed E-state index contributed by atoms with van der Waals surface area (Å²) in [6.07, 6.45) is 0.255. The number of carbonyl (C=O) groups is 2. The van der Waals surface area contributed by atoms with Crippen LogP contribution >= 0.6 is 23.2 Å². The summed E-state index contributed by atoms with van der Waals surface area (Å²) >= 11 is 12.4. The van der Waals surface area contributed by atoms with Gasteiger partial charge in [-0.15, -0.1) is 5.10 Å². The van der Waals surface area contributed by atoms with Crippen molar-refractivity contribution in [2.45, 2.75) is 51.8 Å². The lowest BCUT2D eigenvalue weighted by molar-refractivity contribution is -0.157. The molecular formula is C23H30Cl2N6O3. The van der Waals surface area contributed by atoms with Crippen LogP contribution in [0.4, 0.5) is 0 Å². The molecule has 0 saturated heterocycles. The van der Waals surface area contributed by atoms with Crippen LogP contribution in [0.2, 0.25) is 10.0 Å². The summed E-state index contributed by atoms with van der Waals surface area (Å²) in [4.78, 5) is 25.3. The monoisotopic (exact) mass is 508 g/mol. The summed E-state index contributed by atoms with van der Waals surface area (Å²) in [6.45, 7) is 6.93. The van der Waals surface area contributed by atoms with Gasteiger partial charge in [-0.25, -0.2) is 5.84 Å². The summed E-state index contributed by atoms with van der Waals surface area (Å²) < 4.78 is 5.41. The zero-order valence-corrected chi connectivity index (χ0v) is 21.0. The lowest BCUT2D eigenvalue weighted by atomic mass is 10.00. The highest BCUT2D eigenvalue weighted by Crippen LogP contribution is 2.30. The summed E-state index contributed by atoms with van der Waals surface area (Å²) in [7, 11) is 0. The smallest absolute Gasteiger partial charge is 0.323 e. The van der Waals surface area contributed by atoms with Gasteiger partial charge in [0.2, 0.25) is 11.9 Å². The Morgan fingerprint density at radius 3 is 2.32 bits per heavy atom. The topological polar surface area (TPSA) is 144 Å². The number of carbonyl (C=O) groups excluding carboxylic acids is 2. The number of hydrazone groups is 1. The number of rotatable bonds is 7. The van der Waals surface area contributed by atoms with E-state index < -0.39 is 29.6 Å². The van der Waals surface area contributed by atoms with Crippen molar-refractivity contribution < 1.29 is 14.3 Å². The van der Waals surface area contributed by atoms with E-state index in [0.29, 0.717) is 10.0 Å². The quantitative estimate of drug-likeness (QED) is 0.127. The van der Waals surface area contributed by atoms with Crippen LogP contribution in [0.3, 0.4) is 0 Å². The third-order valence-corrected chi connectivity index (χ3v) is 5.23. The summed E-state index contributed by atoms with van der Waals surface area (Å²) in [5.41, 5.74) is 4.03. The predicted molar refractivity (Wildman–Crippen MR) is 135 cm³/mol. The van der Waals surface area contributed by atoms with Gasteiger partial charge < -0.3 is 10.6 Å². The maximum absolute atomic E-state index is 12.9. The van der Waals surface area contributed by atoms with Gasteiger partial charge >= 0.3 is 5.97 Å². The van der Waals surface area contributed by atoms with Gasteiger partial charge in [-0.3, -0.25) is 25.6 Å². The van der Waals surface area contributed by atoms with Crippen LogP contribution in [0, 0.1) is 0 Å². The van der Waals surface area contributed by atoms with Crippen LogP contribution < -0.4 is 27.7 Å². The minimum Gasteiger partial charge on any atom is -0.459 e. The molecular weight excluding hydrogens is 479 g/mol. The minimum absolute atomic E-state index is 0.118. The van der Waals surface area contributed by atoms with Crippen molar-refractivity contribution in [3.8, 4) is 11.1 Å². The van der Waals surface area contributed by atoms with E-state index in [4.69, 9.17) is 39.6 Å². The van der Waals surface area contributed by atoms with Crippen molar-refractivity contribution in [1.82, 2.24) is 16.1 Å². The van der Waals surface area contributed by atoms with Crippen LogP contribution in [0.5, 0.6) is 0 Å². The predicted octanol–water partition coefficient (Wildman–Crippen LogP) is 2.70. The molecule has 2 aromatic carbocycles. The highest BCUT2D eigenvalue weighted by Gasteiger charge is 2.28. The van der Waals surface area contributed by atoms with E-state index in [2.05, 4.69) is 21.2 Å². The Morgan fingerprint density at radius 2 is 1.76 bits per heavy atom. The molecule has 0 spiro atoms. The molecule has 0 aromatic heterocycles. The maximum atomic E-state index is 12.9. The van der Waals surface area contributed by atoms with Gasteiger partial charge in [0.15, 0.2) is 0 Å². The Labute approximate surface area is 209 Å². The van der Waals surface area contributed by atoms with E-state index >= 15 is 0 Å². The van der Waals surface area contributed by atoms with Crippen LogP contribution in [-0.2, 0) is 20.7 Å². The first-order chi connectivity index (χ1) is 15.9. The maximum Gasteiger partial charge on any atom is 0.323 e. The molecule has 0 saturated carbocycles. The van der Waals surface area contributed by atoms with Gasteiger partial charge in [0.05, 0.1) is 6.04 Å². The molecule has 34 heavy (non-hydrogen) atoms. The third kappa shape index (κ3) is 8.18. The zero-order chi connectivity index (χ0) is 25.5. The van der Waals surface area contributed by atoms with Gasteiger partial charge in [-0.05, 0) is 63.4 Å². The van der Waals surface area contributed by atoms with E-state index in [1.54, 1.807) is 45.9 Å². The number of nitrogens with two attached hydrogens (primary N) is 2. The molecule has 2 aromatic rings. The van der Waals surface area contributed by atoms with Gasteiger partial charge in [0.25, 0.3) is 0 Å². The molecule has 0 heterocycles. The van der Waals surface area contributed by atoms with Crippen molar-refractivity contribution in [2.75, 3.05) is 0 Å². The van der Waals surface area contributed by atoms with Crippen molar-refractivity contribution in [1.29, 1.82) is 0 Å². The first kappa shape index (κ1) is 27.4. The molecule has 7 N–H and O–H groups in total. The van der Waals surface area contributed by atoms with Gasteiger partial charge in [-0.2, -0.15) is 0 Å². The molecule has 1 amide bonds. The standard InChI is InChI=1S/C23H30Cl2N6O3/c1-13(21(33)34-23(2,3)4)28-19(20(32)29-22(30-26)31-27)11-14-5-7-15(8-6-14)17-12-16(24)9-10-18(17)25/h5-10,12-13,19,28H,11,26-27H2,1-4H3,(H2,29,30,31,32). The van der Waals surface area contributed by atoms with Crippen molar-refractivity contribution in [3.63, 3.8) is 0 Å². The molecule has 0 bridgehead atoms. The minimum atomic E-state index is -0.826. The van der Waals surface area contributed by atoms with Crippen LogP contribution in [-0.4, -0.2) is 35.5 Å². The van der Waals surface area contributed by atoms with Crippen LogP contribution in [0.25, 0.3) is 11.1 Å². The van der Waals surface area contributed by atoms with Gasteiger partial charge in [0, 0.05) is 15.6 Å².